The van der Waals surface area contributed by atoms with E-state index in [0.29, 0.717) is 13.2 Å². The molecule has 1 spiro atoms. The van der Waals surface area contributed by atoms with Gasteiger partial charge in [-0.25, -0.2) is 19.6 Å². The lowest BCUT2D eigenvalue weighted by Crippen LogP contribution is -2.57. The van der Waals surface area contributed by atoms with Crippen molar-refractivity contribution in [2.75, 3.05) is 49.2 Å². The molecule has 6 rings (SSSR count). The molecule has 0 aliphatic carbocycles. The molecule has 3 aromatic rings. The van der Waals surface area contributed by atoms with Crippen molar-refractivity contribution in [1.29, 1.82) is 0 Å². The molecule has 0 aromatic carbocycles. The van der Waals surface area contributed by atoms with E-state index in [1.54, 1.807) is 12.4 Å². The summed E-state index contributed by atoms with van der Waals surface area (Å²) in [5, 5.41) is 4.42. The first-order valence-corrected chi connectivity index (χ1v) is 10.2. The summed E-state index contributed by atoms with van der Waals surface area (Å²) in [7, 11) is 0. The van der Waals surface area contributed by atoms with E-state index in [2.05, 4.69) is 24.9 Å². The number of rotatable bonds is 3. The average Bonchev–Trinajstić information content (AvgIpc) is 3.30. The number of halogens is 3. The highest BCUT2D eigenvalue weighted by Crippen LogP contribution is 2.43. The van der Waals surface area contributed by atoms with Crippen LogP contribution in [0, 0.1) is 5.41 Å². The molecule has 3 fully saturated rings. The Morgan fingerprint density at radius 2 is 1.81 bits per heavy atom. The molecule has 0 saturated carbocycles. The number of aromatic nitrogens is 5. The first kappa shape index (κ1) is 18.8. The van der Waals surface area contributed by atoms with Gasteiger partial charge in [-0.1, -0.05) is 0 Å². The lowest BCUT2D eigenvalue weighted by atomic mass is 9.79. The van der Waals surface area contributed by atoms with Crippen molar-refractivity contribution in [2.24, 2.45) is 5.41 Å². The first-order chi connectivity index (χ1) is 14.9. The Morgan fingerprint density at radius 3 is 2.48 bits per heavy atom. The molecule has 162 valence electrons. The largest absolute Gasteiger partial charge is 0.433 e. The van der Waals surface area contributed by atoms with Crippen molar-refractivity contribution in [3.05, 3.63) is 36.4 Å². The van der Waals surface area contributed by atoms with Crippen LogP contribution >= 0.6 is 0 Å². The van der Waals surface area contributed by atoms with Gasteiger partial charge in [-0.15, -0.1) is 0 Å². The van der Waals surface area contributed by atoms with Gasteiger partial charge in [0, 0.05) is 31.6 Å². The predicted molar refractivity (Wildman–Crippen MR) is 106 cm³/mol. The number of fused-ring (bicyclic) bond motifs is 1. The third kappa shape index (κ3) is 3.10. The van der Waals surface area contributed by atoms with Crippen LogP contribution in [0.3, 0.4) is 0 Å². The fourth-order valence-electron chi connectivity index (χ4n) is 4.67. The monoisotopic (exact) mass is 431 g/mol. The second kappa shape index (κ2) is 6.52. The summed E-state index contributed by atoms with van der Waals surface area (Å²) >= 11 is 0. The zero-order valence-electron chi connectivity index (χ0n) is 16.6. The van der Waals surface area contributed by atoms with E-state index in [1.165, 1.54) is 12.3 Å². The van der Waals surface area contributed by atoms with Crippen molar-refractivity contribution in [1.82, 2.24) is 24.7 Å². The normalized spacial score (nSPS) is 21.0. The summed E-state index contributed by atoms with van der Waals surface area (Å²) in [5.74, 6) is 0.834. The van der Waals surface area contributed by atoms with Gasteiger partial charge in [-0.3, -0.25) is 0 Å². The van der Waals surface area contributed by atoms with Crippen LogP contribution in [-0.4, -0.2) is 64.1 Å². The molecule has 3 saturated heterocycles. The summed E-state index contributed by atoms with van der Waals surface area (Å²) in [6, 6.07) is 2.76. The number of alkyl halides is 3. The summed E-state index contributed by atoms with van der Waals surface area (Å²) in [6.07, 6.45) is 1.43. The quantitative estimate of drug-likeness (QED) is 0.631. The molecule has 11 heteroatoms. The minimum absolute atomic E-state index is 0.112. The minimum atomic E-state index is -4.41. The number of nitrogens with zero attached hydrogens (tertiary/aromatic N) is 7. The zero-order valence-corrected chi connectivity index (χ0v) is 16.6. The van der Waals surface area contributed by atoms with Crippen LogP contribution in [0.15, 0.2) is 30.7 Å². The van der Waals surface area contributed by atoms with Crippen LogP contribution in [0.4, 0.5) is 24.7 Å². The minimum Gasteiger partial charge on any atom is -0.377 e. The smallest absolute Gasteiger partial charge is 0.377 e. The Balaban J connectivity index is 1.15. The van der Waals surface area contributed by atoms with E-state index in [-0.39, 0.29) is 11.5 Å². The van der Waals surface area contributed by atoms with Gasteiger partial charge in [-0.2, -0.15) is 18.3 Å². The summed E-state index contributed by atoms with van der Waals surface area (Å²) in [5.41, 5.74) is 1.53. The third-order valence-electron chi connectivity index (χ3n) is 6.47. The van der Waals surface area contributed by atoms with Crippen molar-refractivity contribution in [3.8, 4) is 0 Å². The highest BCUT2D eigenvalue weighted by molar-refractivity contribution is 5.71. The SMILES string of the molecule is FC(F)(F)c1ccc(N2CC3(CCN(c4cnc5cnn(C6COC6)c5n4)C3)C2)cn1. The van der Waals surface area contributed by atoms with E-state index in [9.17, 15) is 13.2 Å². The molecule has 0 amide bonds. The van der Waals surface area contributed by atoms with Gasteiger partial charge in [0.15, 0.2) is 5.65 Å². The Morgan fingerprint density at radius 1 is 1.00 bits per heavy atom. The first-order valence-electron chi connectivity index (χ1n) is 10.2. The fourth-order valence-corrected chi connectivity index (χ4v) is 4.67. The van der Waals surface area contributed by atoms with Gasteiger partial charge in [0.05, 0.1) is 37.5 Å². The standard InChI is InChI=1S/C20H20F3N7O/c21-20(22,23)16-2-1-13(5-25-16)29-11-19(12-29)3-4-28(10-19)17-7-24-15-6-26-30(18(15)27-17)14-8-31-9-14/h1-2,5-7,14H,3-4,8-12H2. The van der Waals surface area contributed by atoms with Crippen molar-refractivity contribution in [2.45, 2.75) is 18.6 Å². The highest BCUT2D eigenvalue weighted by atomic mass is 19.4. The summed E-state index contributed by atoms with van der Waals surface area (Å²) in [6.45, 7) is 4.60. The second-order valence-corrected chi connectivity index (χ2v) is 8.64. The molecule has 31 heavy (non-hydrogen) atoms. The average molecular weight is 431 g/mol. The number of hydrogen-bond donors (Lipinski definition) is 0. The maximum atomic E-state index is 12.7. The zero-order chi connectivity index (χ0) is 21.2. The fraction of sp³-hybridized carbons (Fsp3) is 0.500. The van der Waals surface area contributed by atoms with Crippen molar-refractivity contribution >= 4 is 22.7 Å². The molecule has 0 radical (unpaired) electrons. The molecular weight excluding hydrogens is 411 g/mol. The van der Waals surface area contributed by atoms with E-state index in [1.807, 2.05) is 4.68 Å². The van der Waals surface area contributed by atoms with Crippen LogP contribution in [0.2, 0.25) is 0 Å². The molecule has 8 nitrogen and oxygen atoms in total. The molecule has 0 bridgehead atoms. The third-order valence-corrected chi connectivity index (χ3v) is 6.47. The van der Waals surface area contributed by atoms with Crippen LogP contribution < -0.4 is 9.80 Å². The van der Waals surface area contributed by atoms with Gasteiger partial charge in [0.1, 0.15) is 23.1 Å². The van der Waals surface area contributed by atoms with Crippen LogP contribution in [0.1, 0.15) is 18.2 Å². The summed E-state index contributed by atoms with van der Waals surface area (Å²) in [4.78, 5) is 17.3. The van der Waals surface area contributed by atoms with Gasteiger partial charge >= 0.3 is 6.18 Å². The lowest BCUT2D eigenvalue weighted by molar-refractivity contribution is -0.141. The number of pyridine rings is 1. The van der Waals surface area contributed by atoms with Crippen LogP contribution in [-0.2, 0) is 10.9 Å². The molecule has 0 unspecified atom stereocenters. The van der Waals surface area contributed by atoms with Gasteiger partial charge in [0.25, 0.3) is 0 Å². The van der Waals surface area contributed by atoms with E-state index >= 15 is 0 Å². The Kier molecular flexibility index (Phi) is 3.95. The van der Waals surface area contributed by atoms with Crippen LogP contribution in [0.5, 0.6) is 0 Å². The molecule has 0 atom stereocenters. The van der Waals surface area contributed by atoms with E-state index in [4.69, 9.17) is 9.72 Å². The maximum Gasteiger partial charge on any atom is 0.433 e. The molecular formula is C20H20F3N7O. The number of anilines is 2. The van der Waals surface area contributed by atoms with Crippen LogP contribution in [0.25, 0.3) is 11.2 Å². The molecule has 3 aromatic heterocycles. The summed E-state index contributed by atoms with van der Waals surface area (Å²) < 4.78 is 45.3. The maximum absolute atomic E-state index is 12.7. The number of ether oxygens (including phenoxy) is 1. The lowest BCUT2D eigenvalue weighted by Gasteiger charge is -2.49. The van der Waals surface area contributed by atoms with Gasteiger partial charge < -0.3 is 14.5 Å². The Labute approximate surface area is 175 Å². The molecule has 6 heterocycles. The van der Waals surface area contributed by atoms with Crippen molar-refractivity contribution < 1.29 is 17.9 Å². The van der Waals surface area contributed by atoms with Gasteiger partial charge in [-0.05, 0) is 18.6 Å². The Hall–Kier alpha value is -2.95. The molecule has 3 aliphatic rings. The van der Waals surface area contributed by atoms with Gasteiger partial charge in [0.2, 0.25) is 0 Å². The molecule has 0 N–H and O–H groups in total. The highest BCUT2D eigenvalue weighted by Gasteiger charge is 2.48. The molecule has 3 aliphatic heterocycles. The number of hydrogen-bond acceptors (Lipinski definition) is 7. The van der Waals surface area contributed by atoms with E-state index < -0.39 is 11.9 Å². The van der Waals surface area contributed by atoms with Crippen molar-refractivity contribution in [3.63, 3.8) is 0 Å². The van der Waals surface area contributed by atoms with E-state index in [0.717, 1.165) is 61.3 Å². The predicted octanol–water partition coefficient (Wildman–Crippen LogP) is 2.53. The topological polar surface area (TPSA) is 72.2 Å². The second-order valence-electron chi connectivity index (χ2n) is 8.64. The Bertz CT molecular complexity index is 1120.